The van der Waals surface area contributed by atoms with E-state index in [1.165, 1.54) is 10.5 Å². The fourth-order valence-electron chi connectivity index (χ4n) is 0.876. The molecule has 0 aromatic heterocycles. The molecule has 1 aromatic rings. The lowest BCUT2D eigenvalue weighted by Gasteiger charge is -2.02. The summed E-state index contributed by atoms with van der Waals surface area (Å²) >= 11 is 1.72. The molecule has 0 saturated heterocycles. The summed E-state index contributed by atoms with van der Waals surface area (Å²) in [5.74, 6) is 0. The van der Waals surface area contributed by atoms with E-state index in [4.69, 9.17) is 0 Å². The lowest BCUT2D eigenvalue weighted by atomic mass is 10.2. The van der Waals surface area contributed by atoms with Gasteiger partial charge >= 0.3 is 0 Å². The number of hydrogen-bond acceptors (Lipinski definition) is 2. The molecule has 1 rings (SSSR count). The third-order valence-corrected chi connectivity index (χ3v) is 2.82. The van der Waals surface area contributed by atoms with Crippen LogP contribution in [0.15, 0.2) is 34.2 Å². The number of hydrogen-bond donors (Lipinski definition) is 0. The molecule has 0 saturated carbocycles. The van der Waals surface area contributed by atoms with Crippen LogP contribution < -0.4 is 0 Å². The van der Waals surface area contributed by atoms with Crippen molar-refractivity contribution < 1.29 is 0 Å². The average molecular weight is 179 g/mol. The first-order chi connectivity index (χ1) is 5.74. The Labute approximate surface area is 77.9 Å². The van der Waals surface area contributed by atoms with E-state index in [1.807, 2.05) is 14.0 Å². The van der Waals surface area contributed by atoms with Crippen molar-refractivity contribution in [3.63, 3.8) is 0 Å². The summed E-state index contributed by atoms with van der Waals surface area (Å²) in [6.07, 6.45) is 0. The van der Waals surface area contributed by atoms with Gasteiger partial charge in [-0.25, -0.2) is 0 Å². The zero-order chi connectivity index (χ0) is 8.97. The number of nitrogens with zero attached hydrogens (tertiary/aromatic N) is 1. The fourth-order valence-corrected chi connectivity index (χ4v) is 1.66. The Hall–Kier alpha value is -0.760. The van der Waals surface area contributed by atoms with E-state index < -0.39 is 0 Å². The highest BCUT2D eigenvalue weighted by Crippen LogP contribution is 2.22. The summed E-state index contributed by atoms with van der Waals surface area (Å²) in [6.45, 7) is 4.14. The number of thioether (sulfide) groups is 1. The maximum atomic E-state index is 4.10. The van der Waals surface area contributed by atoms with Crippen molar-refractivity contribution in [2.24, 2.45) is 4.99 Å². The molecule has 1 aromatic carbocycles. The molecule has 0 unspecified atom stereocenters. The number of benzene rings is 1. The van der Waals surface area contributed by atoms with Gasteiger partial charge in [0.2, 0.25) is 0 Å². The quantitative estimate of drug-likeness (QED) is 0.366. The SMILES string of the molecule is C/N=C(\C)Sc1ccccc1C. The Morgan fingerprint density at radius 1 is 1.33 bits per heavy atom. The third-order valence-electron chi connectivity index (χ3n) is 1.67. The Morgan fingerprint density at radius 3 is 2.58 bits per heavy atom. The van der Waals surface area contributed by atoms with Gasteiger partial charge in [0.1, 0.15) is 0 Å². The minimum atomic E-state index is 1.10. The molecule has 0 radical (unpaired) electrons. The van der Waals surface area contributed by atoms with Gasteiger partial charge in [0.25, 0.3) is 0 Å². The second-order valence-corrected chi connectivity index (χ2v) is 3.84. The predicted molar refractivity (Wildman–Crippen MR) is 56.1 cm³/mol. The van der Waals surface area contributed by atoms with Gasteiger partial charge in [-0.15, -0.1) is 0 Å². The summed E-state index contributed by atoms with van der Waals surface area (Å²) in [6, 6.07) is 8.34. The maximum Gasteiger partial charge on any atom is 0.0689 e. The molecule has 0 fully saturated rings. The van der Waals surface area contributed by atoms with Crippen molar-refractivity contribution in [3.05, 3.63) is 29.8 Å². The Bertz CT molecular complexity index is 292. The first-order valence-corrected chi connectivity index (χ1v) is 4.72. The molecular weight excluding hydrogens is 166 g/mol. The van der Waals surface area contributed by atoms with Gasteiger partial charge in [-0.3, -0.25) is 4.99 Å². The standard InChI is InChI=1S/C10H13NS/c1-8-6-4-5-7-10(8)12-9(2)11-3/h4-7H,1-3H3/b11-9+. The third kappa shape index (κ3) is 2.38. The minimum absolute atomic E-state index is 1.10. The van der Waals surface area contributed by atoms with Gasteiger partial charge < -0.3 is 0 Å². The molecular formula is C10H13NS. The normalized spacial score (nSPS) is 11.8. The molecule has 0 aliphatic carbocycles. The zero-order valence-electron chi connectivity index (χ0n) is 7.66. The summed E-state index contributed by atoms with van der Waals surface area (Å²) in [7, 11) is 1.82. The van der Waals surface area contributed by atoms with E-state index in [0.717, 1.165) is 5.04 Å². The molecule has 0 bridgehead atoms. The van der Waals surface area contributed by atoms with Gasteiger partial charge in [0.05, 0.1) is 5.04 Å². The van der Waals surface area contributed by atoms with E-state index in [2.05, 4.69) is 36.2 Å². The largest absolute Gasteiger partial charge is 0.286 e. The summed E-state index contributed by atoms with van der Waals surface area (Å²) in [5, 5.41) is 1.10. The summed E-state index contributed by atoms with van der Waals surface area (Å²) in [4.78, 5) is 5.40. The Morgan fingerprint density at radius 2 is 2.00 bits per heavy atom. The molecule has 1 nitrogen and oxygen atoms in total. The van der Waals surface area contributed by atoms with Gasteiger partial charge in [-0.05, 0) is 25.5 Å². The molecule has 12 heavy (non-hydrogen) atoms. The van der Waals surface area contributed by atoms with Crippen LogP contribution in [0.25, 0.3) is 0 Å². The van der Waals surface area contributed by atoms with Crippen LogP contribution in [0, 0.1) is 6.92 Å². The van der Waals surface area contributed by atoms with Crippen LogP contribution in [-0.4, -0.2) is 12.1 Å². The highest BCUT2D eigenvalue weighted by molar-refractivity contribution is 8.14. The van der Waals surface area contributed by atoms with E-state index >= 15 is 0 Å². The number of rotatable bonds is 1. The van der Waals surface area contributed by atoms with Gasteiger partial charge in [0, 0.05) is 11.9 Å². The molecule has 64 valence electrons. The molecule has 0 heterocycles. The van der Waals surface area contributed by atoms with Crippen LogP contribution in [0.5, 0.6) is 0 Å². The number of aliphatic imine (C=N–C) groups is 1. The molecule has 0 amide bonds. The second-order valence-electron chi connectivity index (χ2n) is 2.61. The average Bonchev–Trinajstić information content (AvgIpc) is 2.09. The van der Waals surface area contributed by atoms with Crippen molar-refractivity contribution in [2.75, 3.05) is 7.05 Å². The highest BCUT2D eigenvalue weighted by Gasteiger charge is 1.98. The fraction of sp³-hybridized carbons (Fsp3) is 0.300. The van der Waals surface area contributed by atoms with E-state index in [1.54, 1.807) is 11.8 Å². The van der Waals surface area contributed by atoms with Crippen LogP contribution in [0.2, 0.25) is 0 Å². The molecule has 0 aliphatic heterocycles. The molecule has 2 heteroatoms. The van der Waals surface area contributed by atoms with E-state index in [0.29, 0.717) is 0 Å². The summed E-state index contributed by atoms with van der Waals surface area (Å²) < 4.78 is 0. The topological polar surface area (TPSA) is 12.4 Å². The second kappa shape index (κ2) is 4.31. The van der Waals surface area contributed by atoms with Crippen LogP contribution in [-0.2, 0) is 0 Å². The monoisotopic (exact) mass is 179 g/mol. The van der Waals surface area contributed by atoms with Gasteiger partial charge in [-0.1, -0.05) is 30.0 Å². The van der Waals surface area contributed by atoms with Gasteiger partial charge in [-0.2, -0.15) is 0 Å². The molecule has 0 aliphatic rings. The van der Waals surface area contributed by atoms with E-state index in [9.17, 15) is 0 Å². The maximum absolute atomic E-state index is 4.10. The van der Waals surface area contributed by atoms with Crippen molar-refractivity contribution in [1.82, 2.24) is 0 Å². The van der Waals surface area contributed by atoms with Crippen molar-refractivity contribution in [1.29, 1.82) is 0 Å². The lowest BCUT2D eigenvalue weighted by Crippen LogP contribution is -1.85. The van der Waals surface area contributed by atoms with Crippen LogP contribution >= 0.6 is 11.8 Å². The number of aryl methyl sites for hydroxylation is 1. The van der Waals surface area contributed by atoms with Crippen LogP contribution in [0.4, 0.5) is 0 Å². The van der Waals surface area contributed by atoms with Crippen LogP contribution in [0.3, 0.4) is 0 Å². The van der Waals surface area contributed by atoms with Crippen LogP contribution in [0.1, 0.15) is 12.5 Å². The first kappa shape index (κ1) is 9.33. The predicted octanol–water partition coefficient (Wildman–Crippen LogP) is 3.14. The first-order valence-electron chi connectivity index (χ1n) is 3.91. The van der Waals surface area contributed by atoms with Gasteiger partial charge in [0.15, 0.2) is 0 Å². The van der Waals surface area contributed by atoms with Crippen molar-refractivity contribution >= 4 is 16.8 Å². The smallest absolute Gasteiger partial charge is 0.0689 e. The molecule has 0 N–H and O–H groups in total. The Kier molecular flexibility index (Phi) is 3.35. The Balaban J connectivity index is 2.82. The molecule has 0 spiro atoms. The minimum Gasteiger partial charge on any atom is -0.286 e. The van der Waals surface area contributed by atoms with Crippen molar-refractivity contribution in [3.8, 4) is 0 Å². The molecule has 0 atom stereocenters. The zero-order valence-corrected chi connectivity index (χ0v) is 8.48. The summed E-state index contributed by atoms with van der Waals surface area (Å²) in [5.41, 5.74) is 1.31. The van der Waals surface area contributed by atoms with E-state index in [-0.39, 0.29) is 0 Å². The van der Waals surface area contributed by atoms with Crippen molar-refractivity contribution in [2.45, 2.75) is 18.7 Å². The highest BCUT2D eigenvalue weighted by atomic mass is 32.2. The lowest BCUT2D eigenvalue weighted by molar-refractivity contribution is 1.31.